The zero-order chi connectivity index (χ0) is 16.0. The van der Waals surface area contributed by atoms with E-state index in [1.807, 2.05) is 19.1 Å². The van der Waals surface area contributed by atoms with Gasteiger partial charge in [-0.3, -0.25) is 4.99 Å². The predicted molar refractivity (Wildman–Crippen MR) is 88.9 cm³/mol. The number of nitrogens with one attached hydrogen (secondary N) is 2. The third-order valence-electron chi connectivity index (χ3n) is 4.03. The molecule has 0 amide bonds. The highest BCUT2D eigenvalue weighted by atomic mass is 16.4. The second kappa shape index (κ2) is 7.49. The Hall–Kier alpha value is -1.75. The molecule has 0 spiro atoms. The first-order chi connectivity index (χ1) is 10.5. The molecule has 3 N–H and O–H groups in total. The van der Waals surface area contributed by atoms with Gasteiger partial charge in [-0.15, -0.1) is 0 Å². The second-order valence-corrected chi connectivity index (χ2v) is 6.14. The van der Waals surface area contributed by atoms with Crippen LogP contribution >= 0.6 is 0 Å². The number of allylic oxidation sites excluding steroid dienone is 2. The minimum absolute atomic E-state index is 0.337. The average molecular weight is 305 g/mol. The van der Waals surface area contributed by atoms with E-state index < -0.39 is 5.60 Å². The van der Waals surface area contributed by atoms with Crippen molar-refractivity contribution in [1.82, 2.24) is 10.6 Å². The van der Waals surface area contributed by atoms with Crippen LogP contribution in [0.3, 0.4) is 0 Å². The van der Waals surface area contributed by atoms with E-state index in [1.165, 1.54) is 6.42 Å². The van der Waals surface area contributed by atoms with Gasteiger partial charge in [-0.1, -0.05) is 12.2 Å². The Bertz CT molecular complexity index is 532. The lowest BCUT2D eigenvalue weighted by molar-refractivity contribution is 0.0378. The van der Waals surface area contributed by atoms with Gasteiger partial charge in [0.15, 0.2) is 5.96 Å². The van der Waals surface area contributed by atoms with E-state index >= 15 is 0 Å². The lowest BCUT2D eigenvalue weighted by Gasteiger charge is -2.24. The van der Waals surface area contributed by atoms with E-state index in [9.17, 15) is 5.11 Å². The Morgan fingerprint density at radius 3 is 2.82 bits per heavy atom. The van der Waals surface area contributed by atoms with Crippen molar-refractivity contribution < 1.29 is 9.52 Å². The first-order valence-electron chi connectivity index (χ1n) is 7.90. The van der Waals surface area contributed by atoms with Crippen LogP contribution < -0.4 is 10.6 Å². The van der Waals surface area contributed by atoms with Gasteiger partial charge in [-0.2, -0.15) is 0 Å². The molecule has 0 saturated carbocycles. The molecular weight excluding hydrogens is 278 g/mol. The van der Waals surface area contributed by atoms with Crippen LogP contribution in [0.5, 0.6) is 0 Å². The molecule has 2 rings (SSSR count). The minimum Gasteiger partial charge on any atom is -0.463 e. The number of rotatable bonds is 5. The van der Waals surface area contributed by atoms with Gasteiger partial charge in [0.2, 0.25) is 0 Å². The maximum absolute atomic E-state index is 10.5. The van der Waals surface area contributed by atoms with Crippen molar-refractivity contribution in [2.24, 2.45) is 10.9 Å². The molecule has 0 radical (unpaired) electrons. The number of hydrogen-bond acceptors (Lipinski definition) is 3. The van der Waals surface area contributed by atoms with Crippen LogP contribution in [0.4, 0.5) is 0 Å². The zero-order valence-corrected chi connectivity index (χ0v) is 13.7. The Labute approximate surface area is 132 Å². The van der Waals surface area contributed by atoms with Gasteiger partial charge in [0.05, 0.1) is 6.54 Å². The van der Waals surface area contributed by atoms with E-state index in [0.29, 0.717) is 24.2 Å². The average Bonchev–Trinajstić information content (AvgIpc) is 2.96. The molecule has 0 saturated heterocycles. The highest BCUT2D eigenvalue weighted by Crippen LogP contribution is 2.22. The quantitative estimate of drug-likeness (QED) is 0.443. The first kappa shape index (κ1) is 16.6. The van der Waals surface area contributed by atoms with Crippen LogP contribution in [0.25, 0.3) is 0 Å². The highest BCUT2D eigenvalue weighted by Gasteiger charge is 2.27. The summed E-state index contributed by atoms with van der Waals surface area (Å²) in [5.41, 5.74) is -1.07. The summed E-state index contributed by atoms with van der Waals surface area (Å²) in [7, 11) is 1.74. The van der Waals surface area contributed by atoms with Crippen molar-refractivity contribution in [3.8, 4) is 0 Å². The summed E-state index contributed by atoms with van der Waals surface area (Å²) in [4.78, 5) is 4.21. The van der Waals surface area contributed by atoms with Crippen molar-refractivity contribution in [1.29, 1.82) is 0 Å². The van der Waals surface area contributed by atoms with Crippen molar-refractivity contribution in [2.45, 2.75) is 38.7 Å². The maximum Gasteiger partial charge on any atom is 0.191 e. The van der Waals surface area contributed by atoms with Crippen LogP contribution in [-0.4, -0.2) is 31.2 Å². The molecule has 1 aliphatic rings. The summed E-state index contributed by atoms with van der Waals surface area (Å²) in [6.45, 7) is 4.83. The molecule has 1 aromatic heterocycles. The Morgan fingerprint density at radius 1 is 1.41 bits per heavy atom. The number of aliphatic hydroxyl groups is 1. The summed E-state index contributed by atoms with van der Waals surface area (Å²) in [5, 5.41) is 17.0. The molecular formula is C17H27N3O2. The molecule has 22 heavy (non-hydrogen) atoms. The maximum atomic E-state index is 10.5. The van der Waals surface area contributed by atoms with Crippen molar-refractivity contribution in [3.63, 3.8) is 0 Å². The highest BCUT2D eigenvalue weighted by molar-refractivity contribution is 5.79. The molecule has 5 heteroatoms. The lowest BCUT2D eigenvalue weighted by atomic mass is 9.94. The van der Waals surface area contributed by atoms with E-state index in [1.54, 1.807) is 14.0 Å². The predicted octanol–water partition coefficient (Wildman–Crippen LogP) is 2.32. The largest absolute Gasteiger partial charge is 0.463 e. The third-order valence-corrected chi connectivity index (χ3v) is 4.03. The van der Waals surface area contributed by atoms with Crippen LogP contribution in [0.15, 0.2) is 33.7 Å². The van der Waals surface area contributed by atoms with E-state index in [2.05, 4.69) is 27.8 Å². The zero-order valence-electron chi connectivity index (χ0n) is 13.7. The fourth-order valence-electron chi connectivity index (χ4n) is 2.57. The summed E-state index contributed by atoms with van der Waals surface area (Å²) in [6.07, 6.45) is 7.98. The summed E-state index contributed by atoms with van der Waals surface area (Å²) in [6, 6.07) is 3.66. The first-order valence-corrected chi connectivity index (χ1v) is 7.90. The lowest BCUT2D eigenvalue weighted by Crippen LogP contribution is -2.45. The smallest absolute Gasteiger partial charge is 0.191 e. The van der Waals surface area contributed by atoms with Crippen LogP contribution in [0, 0.1) is 12.8 Å². The van der Waals surface area contributed by atoms with E-state index in [-0.39, 0.29) is 0 Å². The van der Waals surface area contributed by atoms with Crippen LogP contribution in [0.2, 0.25) is 0 Å². The topological polar surface area (TPSA) is 69.8 Å². The van der Waals surface area contributed by atoms with Gasteiger partial charge < -0.3 is 20.2 Å². The number of hydrogen-bond donors (Lipinski definition) is 3. The number of guanidine groups is 1. The molecule has 0 aromatic carbocycles. The molecule has 0 bridgehead atoms. The Morgan fingerprint density at radius 2 is 2.23 bits per heavy atom. The molecule has 1 heterocycles. The van der Waals surface area contributed by atoms with Gasteiger partial charge in [-0.05, 0) is 51.2 Å². The van der Waals surface area contributed by atoms with Gasteiger partial charge in [0.1, 0.15) is 17.1 Å². The SMILES string of the molecule is CN=C(NCC1CC=CCC1)NCC(C)(O)c1ccc(C)o1. The Kier molecular flexibility index (Phi) is 5.66. The molecule has 0 aliphatic heterocycles. The molecule has 2 unspecified atom stereocenters. The third kappa shape index (κ3) is 4.63. The summed E-state index contributed by atoms with van der Waals surface area (Å²) in [5.74, 6) is 2.71. The fraction of sp³-hybridized carbons (Fsp3) is 0.588. The molecule has 5 nitrogen and oxygen atoms in total. The fourth-order valence-corrected chi connectivity index (χ4v) is 2.57. The summed E-state index contributed by atoms with van der Waals surface area (Å²) < 4.78 is 5.51. The monoisotopic (exact) mass is 305 g/mol. The second-order valence-electron chi connectivity index (χ2n) is 6.14. The number of aliphatic imine (C=N–C) groups is 1. The Balaban J connectivity index is 1.81. The van der Waals surface area contributed by atoms with Crippen LogP contribution in [0.1, 0.15) is 37.7 Å². The van der Waals surface area contributed by atoms with E-state index in [0.717, 1.165) is 25.1 Å². The van der Waals surface area contributed by atoms with E-state index in [4.69, 9.17) is 4.42 Å². The standard InChI is InChI=1S/C17H27N3O2/c1-13-9-10-15(22-13)17(2,21)12-20-16(18-3)19-11-14-7-5-4-6-8-14/h4-5,9-10,14,21H,6-8,11-12H2,1-3H3,(H2,18,19,20). The molecule has 122 valence electrons. The van der Waals surface area contributed by atoms with Gasteiger partial charge >= 0.3 is 0 Å². The van der Waals surface area contributed by atoms with Gasteiger partial charge in [0, 0.05) is 13.6 Å². The molecule has 1 aliphatic carbocycles. The molecule has 0 fully saturated rings. The van der Waals surface area contributed by atoms with Crippen LogP contribution in [-0.2, 0) is 5.60 Å². The van der Waals surface area contributed by atoms with Crippen molar-refractivity contribution in [3.05, 3.63) is 35.8 Å². The number of aryl methyl sites for hydroxylation is 1. The van der Waals surface area contributed by atoms with Gasteiger partial charge in [-0.25, -0.2) is 0 Å². The normalized spacial score (nSPS) is 21.5. The molecule has 1 aromatic rings. The van der Waals surface area contributed by atoms with Crippen molar-refractivity contribution >= 4 is 5.96 Å². The summed E-state index contributed by atoms with van der Waals surface area (Å²) >= 11 is 0. The minimum atomic E-state index is -1.07. The number of nitrogens with zero attached hydrogens (tertiary/aromatic N) is 1. The van der Waals surface area contributed by atoms with Crippen molar-refractivity contribution in [2.75, 3.05) is 20.1 Å². The number of furan rings is 1. The molecule has 2 atom stereocenters. The van der Waals surface area contributed by atoms with Gasteiger partial charge in [0.25, 0.3) is 0 Å².